The van der Waals surface area contributed by atoms with E-state index in [1.807, 2.05) is 6.92 Å². The second-order valence-electron chi connectivity index (χ2n) is 3.71. The third-order valence-electron chi connectivity index (χ3n) is 2.71. The van der Waals surface area contributed by atoms with Gasteiger partial charge in [-0.05, 0) is 19.1 Å². The summed E-state index contributed by atoms with van der Waals surface area (Å²) in [6, 6.07) is 0. The maximum Gasteiger partial charge on any atom is 0.246 e. The van der Waals surface area contributed by atoms with Crippen molar-refractivity contribution in [3.05, 3.63) is 12.7 Å². The fourth-order valence-corrected chi connectivity index (χ4v) is 1.86. The van der Waals surface area contributed by atoms with Gasteiger partial charge in [0, 0.05) is 12.3 Å². The Morgan fingerprint density at radius 1 is 1.47 bits per heavy atom. The smallest absolute Gasteiger partial charge is 0.246 e. The molecule has 4 nitrogen and oxygen atoms in total. The molecule has 0 aromatic rings. The summed E-state index contributed by atoms with van der Waals surface area (Å²) in [7, 11) is 0. The first-order valence-electron chi connectivity index (χ1n) is 5.27. The van der Waals surface area contributed by atoms with Crippen LogP contribution in [0.3, 0.4) is 0 Å². The molecule has 1 heterocycles. The number of carbonyl (C=O) groups is 2. The van der Waals surface area contributed by atoms with Crippen molar-refractivity contribution in [3.63, 3.8) is 0 Å². The molecule has 0 radical (unpaired) electrons. The molecule has 0 aliphatic carbocycles. The summed E-state index contributed by atoms with van der Waals surface area (Å²) in [4.78, 5) is 23.9. The number of nitrogens with one attached hydrogen (secondary N) is 2. The van der Waals surface area contributed by atoms with Crippen LogP contribution in [0.1, 0.15) is 20.3 Å². The number of hydrogen-bond donors (Lipinski definition) is 2. The van der Waals surface area contributed by atoms with Gasteiger partial charge < -0.3 is 10.6 Å². The van der Waals surface area contributed by atoms with Crippen LogP contribution in [-0.2, 0) is 9.59 Å². The molecule has 5 heteroatoms. The van der Waals surface area contributed by atoms with Crippen LogP contribution >= 0.6 is 12.2 Å². The van der Waals surface area contributed by atoms with E-state index in [0.717, 1.165) is 0 Å². The van der Waals surface area contributed by atoms with Crippen LogP contribution in [0, 0.1) is 23.2 Å². The number of carbonyl (C=O) groups excluding carboxylic acids is 2. The Kier molecular flexibility index (Phi) is 4.02. The minimum atomic E-state index is -1.37. The second-order valence-corrected chi connectivity index (χ2v) is 4.12. The molecule has 0 aromatic carbocycles. The largest absolute Gasteiger partial charge is 0.302 e. The first-order chi connectivity index (χ1) is 7.98. The highest BCUT2D eigenvalue weighted by molar-refractivity contribution is 7.80. The zero-order chi connectivity index (χ0) is 13.1. The van der Waals surface area contributed by atoms with Crippen molar-refractivity contribution < 1.29 is 9.59 Å². The Morgan fingerprint density at radius 3 is 2.41 bits per heavy atom. The lowest BCUT2D eigenvalue weighted by Crippen LogP contribution is -2.63. The molecule has 1 atom stereocenters. The van der Waals surface area contributed by atoms with Gasteiger partial charge in [0.05, 0.1) is 0 Å². The van der Waals surface area contributed by atoms with Crippen LogP contribution in [0.5, 0.6) is 0 Å². The lowest BCUT2D eigenvalue weighted by atomic mass is 9.74. The number of hydrogen-bond acceptors (Lipinski definition) is 3. The molecule has 2 N–H and O–H groups in total. The summed E-state index contributed by atoms with van der Waals surface area (Å²) < 4.78 is 0. The Hall–Kier alpha value is -1.67. The zero-order valence-electron chi connectivity index (χ0n) is 9.79. The van der Waals surface area contributed by atoms with E-state index in [1.54, 1.807) is 6.92 Å². The summed E-state index contributed by atoms with van der Waals surface area (Å²) in [6.07, 6.45) is 1.99. The minimum absolute atomic E-state index is 0.0214. The topological polar surface area (TPSA) is 58.2 Å². The quantitative estimate of drug-likeness (QED) is 0.329. The third kappa shape index (κ3) is 2.22. The molecule has 90 valence electrons. The summed E-state index contributed by atoms with van der Waals surface area (Å²) >= 11 is 4.75. The van der Waals surface area contributed by atoms with Crippen LogP contribution in [-0.4, -0.2) is 16.9 Å². The molecule has 1 aliphatic heterocycles. The molecule has 1 unspecified atom stereocenters. The van der Waals surface area contributed by atoms with Crippen LogP contribution in [0.4, 0.5) is 0 Å². The summed E-state index contributed by atoms with van der Waals surface area (Å²) in [5.74, 6) is 4.35. The lowest BCUT2D eigenvalue weighted by Gasteiger charge is -2.34. The fraction of sp³-hybridized carbons (Fsp3) is 0.417. The van der Waals surface area contributed by atoms with E-state index in [2.05, 4.69) is 29.1 Å². The van der Waals surface area contributed by atoms with E-state index < -0.39 is 23.1 Å². The molecule has 2 amide bonds. The Labute approximate surface area is 106 Å². The highest BCUT2D eigenvalue weighted by Gasteiger charge is 2.50. The van der Waals surface area contributed by atoms with Gasteiger partial charge in [0.25, 0.3) is 0 Å². The summed E-state index contributed by atoms with van der Waals surface area (Å²) in [6.45, 7) is 7.20. The standard InChI is InChI=1S/C12H14N2O2S/c1-4-6-7-8(3)12(5-2)9(15)13-11(17)14-10(12)16/h5,8H,2,4H2,1,3H3,(H2,13,14,15,16,17). The number of amides is 2. The van der Waals surface area contributed by atoms with Gasteiger partial charge in [-0.15, -0.1) is 12.5 Å². The van der Waals surface area contributed by atoms with Crippen molar-refractivity contribution in [2.24, 2.45) is 11.3 Å². The van der Waals surface area contributed by atoms with Gasteiger partial charge in [-0.2, -0.15) is 0 Å². The van der Waals surface area contributed by atoms with E-state index in [9.17, 15) is 9.59 Å². The Morgan fingerprint density at radius 2 is 2.00 bits per heavy atom. The molecule has 1 saturated heterocycles. The second kappa shape index (κ2) is 5.11. The molecule has 1 fully saturated rings. The maximum absolute atomic E-state index is 12.0. The van der Waals surface area contributed by atoms with E-state index in [-0.39, 0.29) is 5.11 Å². The average molecular weight is 250 g/mol. The predicted molar refractivity (Wildman–Crippen MR) is 68.7 cm³/mol. The van der Waals surface area contributed by atoms with Gasteiger partial charge in [-0.3, -0.25) is 9.59 Å². The van der Waals surface area contributed by atoms with Gasteiger partial charge >= 0.3 is 0 Å². The van der Waals surface area contributed by atoms with Crippen LogP contribution in [0.15, 0.2) is 12.7 Å². The van der Waals surface area contributed by atoms with E-state index >= 15 is 0 Å². The number of rotatable bonds is 2. The molecular formula is C12H14N2O2S. The predicted octanol–water partition coefficient (Wildman–Crippen LogP) is 0.739. The fourth-order valence-electron chi connectivity index (χ4n) is 1.67. The lowest BCUT2D eigenvalue weighted by molar-refractivity contribution is -0.141. The molecule has 17 heavy (non-hydrogen) atoms. The monoisotopic (exact) mass is 250 g/mol. The van der Waals surface area contributed by atoms with Crippen molar-refractivity contribution >= 4 is 29.1 Å². The highest BCUT2D eigenvalue weighted by Crippen LogP contribution is 2.31. The van der Waals surface area contributed by atoms with Crippen molar-refractivity contribution in [1.29, 1.82) is 0 Å². The van der Waals surface area contributed by atoms with Gasteiger partial charge in [-0.1, -0.05) is 18.9 Å². The van der Waals surface area contributed by atoms with Crippen LogP contribution in [0.2, 0.25) is 0 Å². The SMILES string of the molecule is C=CC1(C(C)C#CCC)C(=O)NC(=S)NC1=O. The van der Waals surface area contributed by atoms with E-state index in [4.69, 9.17) is 12.2 Å². The molecule has 1 aliphatic rings. The normalized spacial score (nSPS) is 19.5. The van der Waals surface area contributed by atoms with Gasteiger partial charge in [0.2, 0.25) is 11.8 Å². The zero-order valence-corrected chi connectivity index (χ0v) is 10.6. The van der Waals surface area contributed by atoms with Crippen molar-refractivity contribution in [2.75, 3.05) is 0 Å². The van der Waals surface area contributed by atoms with E-state index in [0.29, 0.717) is 6.42 Å². The first kappa shape index (κ1) is 13.4. The third-order valence-corrected chi connectivity index (χ3v) is 2.91. The highest BCUT2D eigenvalue weighted by atomic mass is 32.1. The van der Waals surface area contributed by atoms with Crippen LogP contribution < -0.4 is 10.6 Å². The van der Waals surface area contributed by atoms with Gasteiger partial charge in [0.1, 0.15) is 0 Å². The molecule has 1 rings (SSSR count). The van der Waals surface area contributed by atoms with E-state index in [1.165, 1.54) is 6.08 Å². The summed E-state index contributed by atoms with van der Waals surface area (Å²) in [5.41, 5.74) is -1.37. The molecule has 0 saturated carbocycles. The average Bonchev–Trinajstić information content (AvgIpc) is 2.26. The number of thiocarbonyl (C=S) groups is 1. The Balaban J connectivity index is 3.17. The molecule has 0 aromatic heterocycles. The van der Waals surface area contributed by atoms with Gasteiger partial charge in [-0.25, -0.2) is 0 Å². The summed E-state index contributed by atoms with van der Waals surface area (Å²) in [5, 5.41) is 4.88. The first-order valence-corrected chi connectivity index (χ1v) is 5.68. The van der Waals surface area contributed by atoms with Crippen molar-refractivity contribution in [2.45, 2.75) is 20.3 Å². The van der Waals surface area contributed by atoms with Crippen molar-refractivity contribution in [1.82, 2.24) is 10.6 Å². The minimum Gasteiger partial charge on any atom is -0.302 e. The molecule has 0 spiro atoms. The maximum atomic E-state index is 12.0. The Bertz CT molecular complexity index is 425. The molecule has 0 bridgehead atoms. The van der Waals surface area contributed by atoms with Crippen molar-refractivity contribution in [3.8, 4) is 11.8 Å². The van der Waals surface area contributed by atoms with Crippen LogP contribution in [0.25, 0.3) is 0 Å². The van der Waals surface area contributed by atoms with Gasteiger partial charge in [0.15, 0.2) is 10.5 Å². The molecular weight excluding hydrogens is 236 g/mol.